The van der Waals surface area contributed by atoms with E-state index in [1.54, 1.807) is 6.92 Å². The molecule has 0 aliphatic heterocycles. The van der Waals surface area contributed by atoms with Crippen molar-refractivity contribution in [1.29, 1.82) is 0 Å². The van der Waals surface area contributed by atoms with Crippen molar-refractivity contribution in [1.82, 2.24) is 15.1 Å². The lowest BCUT2D eigenvalue weighted by molar-refractivity contribution is -0.138. The molecule has 30 heavy (non-hydrogen) atoms. The second-order valence-corrected chi connectivity index (χ2v) is 7.23. The summed E-state index contributed by atoms with van der Waals surface area (Å²) in [5, 5.41) is 6.77. The number of aromatic nitrogens is 2. The number of nitrogens with zero attached hydrogens (tertiary/aromatic N) is 2. The summed E-state index contributed by atoms with van der Waals surface area (Å²) in [5.74, 6) is -1.67. The van der Waals surface area contributed by atoms with Crippen LogP contribution in [0.2, 0.25) is 5.15 Å². The van der Waals surface area contributed by atoms with Gasteiger partial charge in [0.2, 0.25) is 0 Å². The van der Waals surface area contributed by atoms with Crippen molar-refractivity contribution >= 4 is 17.5 Å². The molecule has 0 saturated carbocycles. The lowest BCUT2D eigenvalue weighted by Gasteiger charge is -2.13. The van der Waals surface area contributed by atoms with Gasteiger partial charge in [-0.2, -0.15) is 18.3 Å². The summed E-state index contributed by atoms with van der Waals surface area (Å²) in [4.78, 5) is 12.6. The number of alkyl halides is 3. The summed E-state index contributed by atoms with van der Waals surface area (Å²) in [7, 11) is 0. The molecule has 3 aromatic rings. The fourth-order valence-electron chi connectivity index (χ4n) is 3.01. The van der Waals surface area contributed by atoms with Crippen LogP contribution >= 0.6 is 11.6 Å². The molecule has 1 heterocycles. The monoisotopic (exact) mass is 439 g/mol. The highest BCUT2D eigenvalue weighted by atomic mass is 35.5. The summed E-state index contributed by atoms with van der Waals surface area (Å²) in [6.07, 6.45) is -4.74. The highest BCUT2D eigenvalue weighted by Gasteiger charge is 2.34. The zero-order valence-corrected chi connectivity index (χ0v) is 16.9. The van der Waals surface area contributed by atoms with Gasteiger partial charge in [-0.25, -0.2) is 9.07 Å². The third kappa shape index (κ3) is 4.81. The molecule has 0 spiro atoms. The summed E-state index contributed by atoms with van der Waals surface area (Å²) >= 11 is 6.32. The van der Waals surface area contributed by atoms with Crippen LogP contribution < -0.4 is 5.32 Å². The molecule has 0 unspecified atom stereocenters. The quantitative estimate of drug-likeness (QED) is 0.549. The predicted octanol–water partition coefficient (Wildman–Crippen LogP) is 5.29. The molecule has 0 saturated heterocycles. The van der Waals surface area contributed by atoms with Crippen LogP contribution in [0, 0.1) is 19.7 Å². The second kappa shape index (κ2) is 8.47. The first-order valence-corrected chi connectivity index (χ1v) is 9.36. The maximum atomic E-state index is 13.2. The number of benzene rings is 2. The molecule has 3 rings (SSSR count). The Hall–Kier alpha value is -2.87. The predicted molar refractivity (Wildman–Crippen MR) is 105 cm³/mol. The summed E-state index contributed by atoms with van der Waals surface area (Å²) in [6, 6.07) is 10.0. The van der Waals surface area contributed by atoms with Gasteiger partial charge in [-0.3, -0.25) is 4.79 Å². The smallest absolute Gasteiger partial charge is 0.348 e. The maximum Gasteiger partial charge on any atom is 0.416 e. The number of amides is 1. The Bertz CT molecular complexity index is 1080. The number of nitrogens with one attached hydrogen (secondary N) is 1. The van der Waals surface area contributed by atoms with E-state index in [-0.39, 0.29) is 16.3 Å². The number of rotatable bonds is 5. The molecule has 0 atom stereocenters. The van der Waals surface area contributed by atoms with Gasteiger partial charge in [-0.05, 0) is 37.1 Å². The first kappa shape index (κ1) is 21.8. The zero-order valence-electron chi connectivity index (χ0n) is 16.1. The van der Waals surface area contributed by atoms with Crippen LogP contribution in [0.3, 0.4) is 0 Å². The number of halogens is 5. The Kier molecular flexibility index (Phi) is 6.17. The lowest BCUT2D eigenvalue weighted by atomic mass is 10.1. The third-order valence-electron chi connectivity index (χ3n) is 4.56. The van der Waals surface area contributed by atoms with E-state index in [1.807, 2.05) is 31.2 Å². The van der Waals surface area contributed by atoms with Crippen molar-refractivity contribution in [2.45, 2.75) is 33.1 Å². The summed E-state index contributed by atoms with van der Waals surface area (Å²) < 4.78 is 54.1. The van der Waals surface area contributed by atoms with Crippen molar-refractivity contribution in [2.75, 3.05) is 0 Å². The Labute approximate surface area is 175 Å². The van der Waals surface area contributed by atoms with Crippen molar-refractivity contribution < 1.29 is 22.4 Å². The van der Waals surface area contributed by atoms with Crippen molar-refractivity contribution in [3.63, 3.8) is 0 Å². The van der Waals surface area contributed by atoms with Gasteiger partial charge in [0.25, 0.3) is 5.91 Å². The third-order valence-corrected chi connectivity index (χ3v) is 4.95. The molecule has 0 aliphatic rings. The minimum atomic E-state index is -4.74. The van der Waals surface area contributed by atoms with E-state index in [4.69, 9.17) is 11.6 Å². The Morgan fingerprint density at radius 1 is 1.13 bits per heavy atom. The van der Waals surface area contributed by atoms with Crippen LogP contribution in [-0.4, -0.2) is 15.7 Å². The van der Waals surface area contributed by atoms with Gasteiger partial charge in [0.15, 0.2) is 0 Å². The van der Waals surface area contributed by atoms with Crippen LogP contribution in [0.4, 0.5) is 17.6 Å². The minimum absolute atomic E-state index is 0.0828. The molecule has 4 nitrogen and oxygen atoms in total. The van der Waals surface area contributed by atoms with Crippen molar-refractivity contribution in [3.05, 3.63) is 86.9 Å². The highest BCUT2D eigenvalue weighted by Crippen LogP contribution is 2.32. The van der Waals surface area contributed by atoms with E-state index < -0.39 is 30.0 Å². The average molecular weight is 440 g/mol. The Balaban J connectivity index is 1.78. The average Bonchev–Trinajstić information content (AvgIpc) is 2.95. The fraction of sp³-hybridized carbons (Fsp3) is 0.238. The number of carbonyl (C=O) groups excluding carboxylic acids is 1. The number of aryl methyl sites for hydroxylation is 2. The molecular formula is C21H18ClF4N3O. The van der Waals surface area contributed by atoms with E-state index in [0.717, 1.165) is 23.3 Å². The van der Waals surface area contributed by atoms with Crippen LogP contribution in [0.15, 0.2) is 42.5 Å². The van der Waals surface area contributed by atoms with E-state index in [0.29, 0.717) is 18.3 Å². The van der Waals surface area contributed by atoms with Gasteiger partial charge in [0, 0.05) is 6.54 Å². The standard InChI is InChI=1S/C21H18ClF4N3O/c1-12-3-5-14(6-4-12)11-29-19(22)18(13(2)28-29)20(30)27-10-15-7-8-16(23)9-17(15)21(24,25)26/h3-9H,10-11H2,1-2H3,(H,27,30). The topological polar surface area (TPSA) is 46.9 Å². The van der Waals surface area contributed by atoms with Crippen LogP contribution in [-0.2, 0) is 19.3 Å². The van der Waals surface area contributed by atoms with Gasteiger partial charge < -0.3 is 5.32 Å². The zero-order chi connectivity index (χ0) is 22.1. The lowest BCUT2D eigenvalue weighted by Crippen LogP contribution is -2.25. The summed E-state index contributed by atoms with van der Waals surface area (Å²) in [5.41, 5.74) is 1.07. The second-order valence-electron chi connectivity index (χ2n) is 6.88. The molecule has 9 heteroatoms. The highest BCUT2D eigenvalue weighted by molar-refractivity contribution is 6.33. The largest absolute Gasteiger partial charge is 0.416 e. The normalized spacial score (nSPS) is 11.6. The SMILES string of the molecule is Cc1ccc(Cn2nc(C)c(C(=O)NCc3ccc(F)cc3C(F)(F)F)c2Cl)cc1. The van der Waals surface area contributed by atoms with Crippen molar-refractivity contribution in [2.24, 2.45) is 0 Å². The number of hydrogen-bond donors (Lipinski definition) is 1. The maximum absolute atomic E-state index is 13.2. The molecule has 1 N–H and O–H groups in total. The van der Waals surface area contributed by atoms with Gasteiger partial charge in [-0.15, -0.1) is 0 Å². The Morgan fingerprint density at radius 2 is 1.80 bits per heavy atom. The fourth-order valence-corrected chi connectivity index (χ4v) is 3.33. The van der Waals surface area contributed by atoms with Crippen LogP contribution in [0.25, 0.3) is 0 Å². The van der Waals surface area contributed by atoms with E-state index in [9.17, 15) is 22.4 Å². The minimum Gasteiger partial charge on any atom is -0.348 e. The molecule has 158 valence electrons. The van der Waals surface area contributed by atoms with E-state index in [1.165, 1.54) is 4.68 Å². The number of hydrogen-bond acceptors (Lipinski definition) is 2. The van der Waals surface area contributed by atoms with Crippen molar-refractivity contribution in [3.8, 4) is 0 Å². The molecule has 2 aromatic carbocycles. The number of carbonyl (C=O) groups is 1. The Morgan fingerprint density at radius 3 is 2.43 bits per heavy atom. The van der Waals surface area contributed by atoms with Gasteiger partial charge in [-0.1, -0.05) is 47.5 Å². The first-order valence-electron chi connectivity index (χ1n) is 8.98. The van der Waals surface area contributed by atoms with E-state index >= 15 is 0 Å². The van der Waals surface area contributed by atoms with Gasteiger partial charge in [0.1, 0.15) is 11.0 Å². The molecule has 0 radical (unpaired) electrons. The molecule has 0 aliphatic carbocycles. The molecule has 1 amide bonds. The van der Waals surface area contributed by atoms with E-state index in [2.05, 4.69) is 10.4 Å². The van der Waals surface area contributed by atoms with Gasteiger partial charge >= 0.3 is 6.18 Å². The first-order chi connectivity index (χ1) is 14.1. The van der Waals surface area contributed by atoms with Crippen LogP contribution in [0.5, 0.6) is 0 Å². The van der Waals surface area contributed by atoms with Gasteiger partial charge in [0.05, 0.1) is 23.4 Å². The molecule has 1 aromatic heterocycles. The molecule has 0 bridgehead atoms. The molecular weight excluding hydrogens is 422 g/mol. The molecule has 0 fully saturated rings. The summed E-state index contributed by atoms with van der Waals surface area (Å²) in [6.45, 7) is 3.45. The van der Waals surface area contributed by atoms with Crippen LogP contribution in [0.1, 0.15) is 38.3 Å².